The molecule has 0 aliphatic heterocycles. The van der Waals surface area contributed by atoms with Crippen molar-refractivity contribution in [3.63, 3.8) is 0 Å². The molecular weight excluding hydrogens is 294 g/mol. The second kappa shape index (κ2) is 7.12. The summed E-state index contributed by atoms with van der Waals surface area (Å²) in [5.41, 5.74) is 5.43. The molecule has 3 rings (SSSR count). The van der Waals surface area contributed by atoms with Gasteiger partial charge in [-0.25, -0.2) is 0 Å². The number of nitrogens with zero attached hydrogens (tertiary/aromatic N) is 1. The number of Topliss-reactive ketones (excluding diaryl/α,β-unsaturated/α-hetero) is 1. The largest absolute Gasteiger partial charge is 0.294 e. The Morgan fingerprint density at radius 1 is 1.08 bits per heavy atom. The lowest BCUT2D eigenvalue weighted by Gasteiger charge is -2.13. The van der Waals surface area contributed by atoms with Crippen molar-refractivity contribution in [1.29, 1.82) is 0 Å². The van der Waals surface area contributed by atoms with Gasteiger partial charge in [0.05, 0.1) is 0 Å². The Bertz CT molecular complexity index is 761. The molecule has 2 heteroatoms. The van der Waals surface area contributed by atoms with Crippen LogP contribution in [-0.2, 0) is 0 Å². The Hall–Kier alpha value is -2.22. The monoisotopic (exact) mass is 319 g/mol. The van der Waals surface area contributed by atoms with Gasteiger partial charge in [0.1, 0.15) is 0 Å². The topological polar surface area (TPSA) is 29.4 Å². The Morgan fingerprint density at radius 2 is 1.83 bits per heavy atom. The van der Waals surface area contributed by atoms with Gasteiger partial charge in [-0.3, -0.25) is 9.79 Å². The standard InChI is InChI=1S/C22H25NO/c1-15-9-10-20(14-21(15)16(2)23-3)22(24)19-12-11-18(13-19)17-7-5-4-6-8-17/h4-10,14,18-19H,11-13H2,1-3H3/t18-,19?/m0/s1. The highest BCUT2D eigenvalue weighted by molar-refractivity contribution is 6.04. The molecule has 24 heavy (non-hydrogen) atoms. The number of hydrogen-bond donors (Lipinski definition) is 0. The summed E-state index contributed by atoms with van der Waals surface area (Å²) in [5, 5.41) is 0. The highest BCUT2D eigenvalue weighted by Crippen LogP contribution is 2.39. The summed E-state index contributed by atoms with van der Waals surface area (Å²) in [7, 11) is 1.80. The minimum atomic E-state index is 0.143. The third-order valence-electron chi connectivity index (χ3n) is 5.32. The van der Waals surface area contributed by atoms with Crippen molar-refractivity contribution in [1.82, 2.24) is 0 Å². The van der Waals surface area contributed by atoms with E-state index in [1.165, 1.54) is 11.1 Å². The molecule has 0 spiro atoms. The Kier molecular flexibility index (Phi) is 4.94. The van der Waals surface area contributed by atoms with E-state index >= 15 is 0 Å². The van der Waals surface area contributed by atoms with E-state index in [0.29, 0.717) is 11.7 Å². The molecule has 1 aliphatic carbocycles. The van der Waals surface area contributed by atoms with Gasteiger partial charge in [0.25, 0.3) is 0 Å². The van der Waals surface area contributed by atoms with Crippen molar-refractivity contribution in [2.75, 3.05) is 7.05 Å². The van der Waals surface area contributed by atoms with E-state index in [1.807, 2.05) is 31.2 Å². The quantitative estimate of drug-likeness (QED) is 0.562. The van der Waals surface area contributed by atoms with Crippen molar-refractivity contribution in [2.45, 2.75) is 39.0 Å². The molecular formula is C22H25NO. The zero-order valence-electron chi connectivity index (χ0n) is 14.8. The second-order valence-corrected chi connectivity index (χ2v) is 6.82. The van der Waals surface area contributed by atoms with Crippen molar-refractivity contribution in [3.8, 4) is 0 Å². The fraction of sp³-hybridized carbons (Fsp3) is 0.364. The summed E-state index contributed by atoms with van der Waals surface area (Å²) < 4.78 is 0. The van der Waals surface area contributed by atoms with Gasteiger partial charge in [0, 0.05) is 24.2 Å². The van der Waals surface area contributed by atoms with Gasteiger partial charge in [-0.15, -0.1) is 0 Å². The van der Waals surface area contributed by atoms with Gasteiger partial charge < -0.3 is 0 Å². The van der Waals surface area contributed by atoms with Crippen molar-refractivity contribution >= 4 is 11.5 Å². The van der Waals surface area contributed by atoms with E-state index in [4.69, 9.17) is 0 Å². The fourth-order valence-corrected chi connectivity index (χ4v) is 3.77. The van der Waals surface area contributed by atoms with Crippen LogP contribution in [0.15, 0.2) is 53.5 Å². The summed E-state index contributed by atoms with van der Waals surface area (Å²) >= 11 is 0. The van der Waals surface area contributed by atoms with Crippen LogP contribution in [0.25, 0.3) is 0 Å². The molecule has 0 heterocycles. The highest BCUT2D eigenvalue weighted by Gasteiger charge is 2.31. The van der Waals surface area contributed by atoms with Crippen LogP contribution >= 0.6 is 0 Å². The third kappa shape index (κ3) is 3.33. The molecule has 0 radical (unpaired) electrons. The van der Waals surface area contributed by atoms with E-state index in [2.05, 4.69) is 36.2 Å². The molecule has 0 N–H and O–H groups in total. The Morgan fingerprint density at radius 3 is 2.54 bits per heavy atom. The maximum atomic E-state index is 13.0. The first-order chi connectivity index (χ1) is 11.6. The normalized spacial score (nSPS) is 21.0. The smallest absolute Gasteiger partial charge is 0.165 e. The van der Waals surface area contributed by atoms with Gasteiger partial charge in [0.15, 0.2) is 5.78 Å². The fourth-order valence-electron chi connectivity index (χ4n) is 3.77. The second-order valence-electron chi connectivity index (χ2n) is 6.82. The molecule has 0 amide bonds. The number of ketones is 1. The number of carbonyl (C=O) groups excluding carboxylic acids is 1. The molecule has 2 nitrogen and oxygen atoms in total. The number of aliphatic imine (C=N–C) groups is 1. The minimum Gasteiger partial charge on any atom is -0.294 e. The third-order valence-corrected chi connectivity index (χ3v) is 5.32. The maximum Gasteiger partial charge on any atom is 0.165 e. The van der Waals surface area contributed by atoms with E-state index in [1.54, 1.807) is 7.05 Å². The molecule has 1 fully saturated rings. The molecule has 1 aliphatic rings. The Balaban J connectivity index is 1.78. The highest BCUT2D eigenvalue weighted by atomic mass is 16.1. The summed E-state index contributed by atoms with van der Waals surface area (Å²) in [4.78, 5) is 17.2. The van der Waals surface area contributed by atoms with Crippen molar-refractivity contribution < 1.29 is 4.79 Å². The van der Waals surface area contributed by atoms with Crippen LogP contribution in [0.4, 0.5) is 0 Å². The number of benzene rings is 2. The molecule has 1 saturated carbocycles. The van der Waals surface area contributed by atoms with Gasteiger partial charge in [0.2, 0.25) is 0 Å². The molecule has 2 aromatic carbocycles. The summed E-state index contributed by atoms with van der Waals surface area (Å²) in [6.45, 7) is 4.07. The molecule has 2 atom stereocenters. The van der Waals surface area contributed by atoms with Gasteiger partial charge in [-0.05, 0) is 61.8 Å². The van der Waals surface area contributed by atoms with Crippen LogP contribution in [0.5, 0.6) is 0 Å². The van der Waals surface area contributed by atoms with E-state index < -0.39 is 0 Å². The van der Waals surface area contributed by atoms with Crippen molar-refractivity contribution in [3.05, 3.63) is 70.8 Å². The molecule has 1 unspecified atom stereocenters. The van der Waals surface area contributed by atoms with E-state index in [-0.39, 0.29) is 5.92 Å². The lowest BCUT2D eigenvalue weighted by atomic mass is 9.91. The summed E-state index contributed by atoms with van der Waals surface area (Å²) in [6, 6.07) is 16.6. The first-order valence-corrected chi connectivity index (χ1v) is 8.73. The van der Waals surface area contributed by atoms with Gasteiger partial charge >= 0.3 is 0 Å². The first kappa shape index (κ1) is 16.6. The molecule has 2 aromatic rings. The number of hydrogen-bond acceptors (Lipinski definition) is 2. The number of rotatable bonds is 4. The van der Waals surface area contributed by atoms with Crippen LogP contribution in [-0.4, -0.2) is 18.5 Å². The van der Waals surface area contributed by atoms with Crippen LogP contribution in [0.1, 0.15) is 59.2 Å². The summed E-state index contributed by atoms with van der Waals surface area (Å²) in [5.74, 6) is 0.951. The predicted octanol–water partition coefficient (Wildman–Crippen LogP) is 5.20. The molecule has 0 aromatic heterocycles. The van der Waals surface area contributed by atoms with Crippen LogP contribution in [0.2, 0.25) is 0 Å². The van der Waals surface area contributed by atoms with E-state index in [9.17, 15) is 4.79 Å². The Labute approximate surface area is 144 Å². The zero-order chi connectivity index (χ0) is 17.1. The minimum absolute atomic E-state index is 0.143. The lowest BCUT2D eigenvalue weighted by molar-refractivity contribution is 0.0922. The first-order valence-electron chi connectivity index (χ1n) is 8.73. The molecule has 0 saturated heterocycles. The van der Waals surface area contributed by atoms with E-state index in [0.717, 1.165) is 36.1 Å². The predicted molar refractivity (Wildman–Crippen MR) is 100 cm³/mol. The average Bonchev–Trinajstić information content (AvgIpc) is 3.12. The molecule has 0 bridgehead atoms. The van der Waals surface area contributed by atoms with Crippen molar-refractivity contribution in [2.24, 2.45) is 10.9 Å². The maximum absolute atomic E-state index is 13.0. The average molecular weight is 319 g/mol. The van der Waals surface area contributed by atoms with Gasteiger partial charge in [-0.2, -0.15) is 0 Å². The van der Waals surface area contributed by atoms with Crippen LogP contribution in [0, 0.1) is 12.8 Å². The van der Waals surface area contributed by atoms with Crippen LogP contribution < -0.4 is 0 Å². The summed E-state index contributed by atoms with van der Waals surface area (Å²) in [6.07, 6.45) is 3.06. The zero-order valence-corrected chi connectivity index (χ0v) is 14.8. The SMILES string of the molecule is CN=C(C)c1cc(C(=O)C2CC[C@H](c3ccccc3)C2)ccc1C. The number of aryl methyl sites for hydroxylation is 1. The molecule has 124 valence electrons. The van der Waals surface area contributed by atoms with Gasteiger partial charge in [-0.1, -0.05) is 42.5 Å². The lowest BCUT2D eigenvalue weighted by Crippen LogP contribution is -2.13. The number of carbonyl (C=O) groups is 1. The van der Waals surface area contributed by atoms with Crippen LogP contribution in [0.3, 0.4) is 0 Å².